The maximum absolute atomic E-state index is 14.1. The molecule has 6 nitrogen and oxygen atoms in total. The Balaban J connectivity index is 1.54. The van der Waals surface area contributed by atoms with E-state index in [-0.39, 0.29) is 28.8 Å². The Morgan fingerprint density at radius 2 is 2.28 bits per heavy atom. The SMILES string of the molecule is Cc1cc(-c2cncnc2C2CCCN(C(=O)Cc3c(F)cccc3Cl)C2)on1. The Kier molecular flexibility index (Phi) is 5.58. The molecule has 1 unspecified atom stereocenters. The Bertz CT molecular complexity index is 1020. The number of carbonyl (C=O) groups is 1. The average Bonchev–Trinajstić information content (AvgIpc) is 3.17. The molecule has 1 fully saturated rings. The molecule has 0 radical (unpaired) electrons. The molecule has 1 atom stereocenters. The van der Waals surface area contributed by atoms with Gasteiger partial charge in [0.1, 0.15) is 12.1 Å². The highest BCUT2D eigenvalue weighted by Crippen LogP contribution is 2.33. The number of carbonyl (C=O) groups excluding carboxylic acids is 1. The summed E-state index contributed by atoms with van der Waals surface area (Å²) >= 11 is 6.08. The van der Waals surface area contributed by atoms with Gasteiger partial charge in [-0.3, -0.25) is 4.79 Å². The van der Waals surface area contributed by atoms with Crippen molar-refractivity contribution in [2.24, 2.45) is 0 Å². The van der Waals surface area contributed by atoms with Gasteiger partial charge in [-0.05, 0) is 31.9 Å². The molecule has 3 aromatic rings. The second-order valence-electron chi connectivity index (χ2n) is 7.21. The maximum atomic E-state index is 14.1. The van der Waals surface area contributed by atoms with Crippen molar-refractivity contribution in [3.05, 3.63) is 64.6 Å². The molecule has 29 heavy (non-hydrogen) atoms. The zero-order valence-corrected chi connectivity index (χ0v) is 16.7. The zero-order chi connectivity index (χ0) is 20.4. The molecular formula is C21H20ClFN4O2. The molecule has 1 aliphatic heterocycles. The summed E-state index contributed by atoms with van der Waals surface area (Å²) in [5, 5.41) is 4.21. The van der Waals surface area contributed by atoms with Crippen molar-refractivity contribution in [1.29, 1.82) is 0 Å². The largest absolute Gasteiger partial charge is 0.356 e. The van der Waals surface area contributed by atoms with Crippen LogP contribution in [0.4, 0.5) is 4.39 Å². The Labute approximate surface area is 172 Å². The van der Waals surface area contributed by atoms with Crippen LogP contribution < -0.4 is 0 Å². The quantitative estimate of drug-likeness (QED) is 0.640. The topological polar surface area (TPSA) is 72.1 Å². The molecule has 1 aromatic carbocycles. The number of aryl methyl sites for hydroxylation is 1. The van der Waals surface area contributed by atoms with E-state index in [1.165, 1.54) is 18.5 Å². The summed E-state index contributed by atoms with van der Waals surface area (Å²) in [5.74, 6) is 0.0397. The van der Waals surface area contributed by atoms with E-state index < -0.39 is 5.82 Å². The predicted molar refractivity (Wildman–Crippen MR) is 106 cm³/mol. The molecule has 0 saturated carbocycles. The van der Waals surface area contributed by atoms with Gasteiger partial charge >= 0.3 is 0 Å². The van der Waals surface area contributed by atoms with Crippen LogP contribution in [-0.4, -0.2) is 39.0 Å². The van der Waals surface area contributed by atoms with Crippen LogP contribution in [0.5, 0.6) is 0 Å². The van der Waals surface area contributed by atoms with Gasteiger partial charge in [0, 0.05) is 41.9 Å². The summed E-state index contributed by atoms with van der Waals surface area (Å²) < 4.78 is 19.5. The third kappa shape index (κ3) is 4.15. The molecule has 1 saturated heterocycles. The lowest BCUT2D eigenvalue weighted by Crippen LogP contribution is -2.40. The minimum absolute atomic E-state index is 0.0344. The lowest BCUT2D eigenvalue weighted by molar-refractivity contribution is -0.131. The summed E-state index contributed by atoms with van der Waals surface area (Å²) in [6.45, 7) is 2.98. The van der Waals surface area contributed by atoms with Crippen molar-refractivity contribution in [3.8, 4) is 11.3 Å². The minimum atomic E-state index is -0.460. The second-order valence-corrected chi connectivity index (χ2v) is 7.62. The van der Waals surface area contributed by atoms with Crippen molar-refractivity contribution >= 4 is 17.5 Å². The van der Waals surface area contributed by atoms with E-state index in [9.17, 15) is 9.18 Å². The highest BCUT2D eigenvalue weighted by Gasteiger charge is 2.29. The normalized spacial score (nSPS) is 16.8. The number of aromatic nitrogens is 3. The lowest BCUT2D eigenvalue weighted by atomic mass is 9.91. The van der Waals surface area contributed by atoms with Crippen molar-refractivity contribution in [1.82, 2.24) is 20.0 Å². The Morgan fingerprint density at radius 3 is 3.03 bits per heavy atom. The van der Waals surface area contributed by atoms with E-state index >= 15 is 0 Å². The molecule has 0 aliphatic carbocycles. The van der Waals surface area contributed by atoms with Gasteiger partial charge in [0.15, 0.2) is 5.76 Å². The Morgan fingerprint density at radius 1 is 1.41 bits per heavy atom. The number of piperidine rings is 1. The number of rotatable bonds is 4. The van der Waals surface area contributed by atoms with Crippen molar-refractivity contribution < 1.29 is 13.7 Å². The molecular weight excluding hydrogens is 395 g/mol. The van der Waals surface area contributed by atoms with Crippen LogP contribution in [0, 0.1) is 12.7 Å². The van der Waals surface area contributed by atoms with Gasteiger partial charge in [-0.1, -0.05) is 22.8 Å². The zero-order valence-electron chi connectivity index (χ0n) is 15.9. The predicted octanol–water partition coefficient (Wildman–Crippen LogP) is 4.18. The number of amides is 1. The van der Waals surface area contributed by atoms with Crippen molar-refractivity contribution in [2.75, 3.05) is 13.1 Å². The van der Waals surface area contributed by atoms with Gasteiger partial charge in [-0.25, -0.2) is 14.4 Å². The summed E-state index contributed by atoms with van der Waals surface area (Å²) in [6.07, 6.45) is 4.88. The van der Waals surface area contributed by atoms with Crippen LogP contribution in [0.15, 0.2) is 41.3 Å². The highest BCUT2D eigenvalue weighted by molar-refractivity contribution is 6.31. The highest BCUT2D eigenvalue weighted by atomic mass is 35.5. The fraction of sp³-hybridized carbons (Fsp3) is 0.333. The van der Waals surface area contributed by atoms with Crippen molar-refractivity contribution in [3.63, 3.8) is 0 Å². The van der Waals surface area contributed by atoms with Crippen LogP contribution >= 0.6 is 11.6 Å². The van der Waals surface area contributed by atoms with Crippen molar-refractivity contribution in [2.45, 2.75) is 32.1 Å². The van der Waals surface area contributed by atoms with Crippen LogP contribution in [0.1, 0.15) is 35.7 Å². The van der Waals surface area contributed by atoms with Gasteiger partial charge in [-0.15, -0.1) is 0 Å². The third-order valence-corrected chi connectivity index (χ3v) is 5.54. The molecule has 2 aromatic heterocycles. The fourth-order valence-electron chi connectivity index (χ4n) is 3.74. The first-order chi connectivity index (χ1) is 14.0. The summed E-state index contributed by atoms with van der Waals surface area (Å²) in [7, 11) is 0. The second kappa shape index (κ2) is 8.29. The van der Waals surface area contributed by atoms with E-state index in [1.54, 1.807) is 17.2 Å². The smallest absolute Gasteiger partial charge is 0.227 e. The number of hydrogen-bond acceptors (Lipinski definition) is 5. The molecule has 150 valence electrons. The minimum Gasteiger partial charge on any atom is -0.356 e. The van der Waals surface area contributed by atoms with E-state index in [1.807, 2.05) is 13.0 Å². The van der Waals surface area contributed by atoms with Gasteiger partial charge in [0.25, 0.3) is 0 Å². The first kappa shape index (κ1) is 19.5. The summed E-state index contributed by atoms with van der Waals surface area (Å²) in [4.78, 5) is 23.2. The summed E-state index contributed by atoms with van der Waals surface area (Å²) in [6, 6.07) is 6.29. The lowest BCUT2D eigenvalue weighted by Gasteiger charge is -2.33. The summed E-state index contributed by atoms with van der Waals surface area (Å²) in [5.41, 5.74) is 2.63. The standard InChI is InChI=1S/C21H20ClFN4O2/c1-13-8-19(29-26-13)16-10-24-12-25-21(16)14-4-3-7-27(11-14)20(28)9-15-17(22)5-2-6-18(15)23/h2,5-6,8,10,12,14H,3-4,7,9,11H2,1H3. The fourth-order valence-corrected chi connectivity index (χ4v) is 3.97. The molecule has 0 bridgehead atoms. The van der Waals surface area contributed by atoms with Crippen LogP contribution in [-0.2, 0) is 11.2 Å². The maximum Gasteiger partial charge on any atom is 0.227 e. The first-order valence-electron chi connectivity index (χ1n) is 9.47. The van der Waals surface area contributed by atoms with Gasteiger partial charge in [0.05, 0.1) is 23.4 Å². The van der Waals surface area contributed by atoms with Gasteiger partial charge < -0.3 is 9.42 Å². The number of hydrogen-bond donors (Lipinski definition) is 0. The molecule has 1 aliphatic rings. The molecule has 3 heterocycles. The van der Waals surface area contributed by atoms with E-state index in [2.05, 4.69) is 15.1 Å². The first-order valence-corrected chi connectivity index (χ1v) is 9.85. The van der Waals surface area contributed by atoms with Crippen LogP contribution in [0.3, 0.4) is 0 Å². The van der Waals surface area contributed by atoms with Gasteiger partial charge in [0.2, 0.25) is 5.91 Å². The number of likely N-dealkylation sites (tertiary alicyclic amines) is 1. The molecule has 0 N–H and O–H groups in total. The third-order valence-electron chi connectivity index (χ3n) is 5.19. The van der Waals surface area contributed by atoms with Crippen LogP contribution in [0.2, 0.25) is 5.02 Å². The monoisotopic (exact) mass is 414 g/mol. The van der Waals surface area contributed by atoms with E-state index in [0.717, 1.165) is 29.8 Å². The van der Waals surface area contributed by atoms with E-state index in [0.29, 0.717) is 18.8 Å². The molecule has 8 heteroatoms. The van der Waals surface area contributed by atoms with E-state index in [4.69, 9.17) is 16.1 Å². The molecule has 0 spiro atoms. The molecule has 4 rings (SSSR count). The average molecular weight is 415 g/mol. The molecule has 1 amide bonds. The number of halogens is 2. The van der Waals surface area contributed by atoms with Gasteiger partial charge in [-0.2, -0.15) is 0 Å². The Hall–Kier alpha value is -2.80. The number of nitrogens with zero attached hydrogens (tertiary/aromatic N) is 4. The van der Waals surface area contributed by atoms with Crippen LogP contribution in [0.25, 0.3) is 11.3 Å². The number of benzene rings is 1.